The molecule has 1 saturated heterocycles. The van der Waals surface area contributed by atoms with Crippen LogP contribution in [-0.4, -0.2) is 30.4 Å². The largest absolute Gasteiger partial charge is 0.343 e. The Hall–Kier alpha value is -0.570. The molecule has 1 atom stereocenters. The second-order valence-electron chi connectivity index (χ2n) is 6.00. The maximum absolute atomic E-state index is 12.1. The van der Waals surface area contributed by atoms with Crippen molar-refractivity contribution in [1.82, 2.24) is 4.90 Å². The van der Waals surface area contributed by atoms with Gasteiger partial charge in [-0.3, -0.25) is 4.79 Å². The number of hydrogen-bond donors (Lipinski definition) is 1. The van der Waals surface area contributed by atoms with Gasteiger partial charge in [0.05, 0.1) is 0 Å². The minimum Gasteiger partial charge on any atom is -0.343 e. The molecule has 1 fully saturated rings. The summed E-state index contributed by atoms with van der Waals surface area (Å²) in [5.74, 6) is 2.08. The van der Waals surface area contributed by atoms with Crippen LogP contribution in [0, 0.1) is 17.8 Å². The van der Waals surface area contributed by atoms with Gasteiger partial charge in [0.1, 0.15) is 0 Å². The molecule has 0 aromatic heterocycles. The molecule has 0 aromatic rings. The SMILES string of the molecule is CC(C)C[C@H](CN)CC(=O)N1CCC(C)CC1. The Morgan fingerprint density at radius 3 is 2.41 bits per heavy atom. The molecule has 0 aliphatic carbocycles. The molecule has 2 N–H and O–H groups in total. The van der Waals surface area contributed by atoms with Crippen LogP contribution in [0.3, 0.4) is 0 Å². The first kappa shape index (κ1) is 14.5. The van der Waals surface area contributed by atoms with E-state index in [2.05, 4.69) is 20.8 Å². The van der Waals surface area contributed by atoms with E-state index in [1.165, 1.54) is 0 Å². The Kier molecular flexibility index (Phi) is 5.96. The van der Waals surface area contributed by atoms with Crippen LogP contribution in [0.2, 0.25) is 0 Å². The molecule has 1 aliphatic heterocycles. The molecule has 0 spiro atoms. The zero-order valence-corrected chi connectivity index (χ0v) is 11.6. The van der Waals surface area contributed by atoms with Gasteiger partial charge in [-0.1, -0.05) is 20.8 Å². The van der Waals surface area contributed by atoms with E-state index in [4.69, 9.17) is 5.73 Å². The standard InChI is InChI=1S/C14H28N2O/c1-11(2)8-13(10-15)9-14(17)16-6-4-12(3)5-7-16/h11-13H,4-10,15H2,1-3H3/t13-/m0/s1. The number of carbonyl (C=O) groups is 1. The number of likely N-dealkylation sites (tertiary alicyclic amines) is 1. The third-order valence-electron chi connectivity index (χ3n) is 3.74. The fourth-order valence-corrected chi connectivity index (χ4v) is 2.56. The molecule has 1 amide bonds. The number of rotatable bonds is 5. The van der Waals surface area contributed by atoms with E-state index in [0.717, 1.165) is 38.3 Å². The van der Waals surface area contributed by atoms with Crippen LogP contribution in [0.25, 0.3) is 0 Å². The predicted molar refractivity (Wildman–Crippen MR) is 71.6 cm³/mol. The number of piperidine rings is 1. The Balaban J connectivity index is 2.36. The minimum atomic E-state index is 0.313. The predicted octanol–water partition coefficient (Wildman–Crippen LogP) is 2.26. The van der Waals surface area contributed by atoms with Gasteiger partial charge in [-0.15, -0.1) is 0 Å². The highest BCUT2D eigenvalue weighted by atomic mass is 16.2. The zero-order chi connectivity index (χ0) is 12.8. The summed E-state index contributed by atoms with van der Waals surface area (Å²) in [7, 11) is 0. The number of carbonyl (C=O) groups excluding carboxylic acids is 1. The Morgan fingerprint density at radius 1 is 1.35 bits per heavy atom. The monoisotopic (exact) mass is 240 g/mol. The molecular weight excluding hydrogens is 212 g/mol. The first-order valence-corrected chi connectivity index (χ1v) is 7.00. The quantitative estimate of drug-likeness (QED) is 0.801. The highest BCUT2D eigenvalue weighted by Gasteiger charge is 2.22. The fourth-order valence-electron chi connectivity index (χ4n) is 2.56. The summed E-state index contributed by atoms with van der Waals surface area (Å²) in [6.07, 6.45) is 4.02. The van der Waals surface area contributed by atoms with E-state index in [0.29, 0.717) is 30.7 Å². The molecule has 0 unspecified atom stereocenters. The number of nitrogens with zero attached hydrogens (tertiary/aromatic N) is 1. The molecule has 3 heteroatoms. The number of amides is 1. The summed E-state index contributed by atoms with van der Waals surface area (Å²) in [5, 5.41) is 0. The molecular formula is C14H28N2O. The van der Waals surface area contributed by atoms with Crippen molar-refractivity contribution in [2.24, 2.45) is 23.5 Å². The molecule has 17 heavy (non-hydrogen) atoms. The Bertz CT molecular complexity index is 232. The van der Waals surface area contributed by atoms with Gasteiger partial charge in [0.2, 0.25) is 5.91 Å². The second kappa shape index (κ2) is 7.00. The van der Waals surface area contributed by atoms with Gasteiger partial charge >= 0.3 is 0 Å². The first-order chi connectivity index (χ1) is 8.02. The van der Waals surface area contributed by atoms with Crippen molar-refractivity contribution in [2.75, 3.05) is 19.6 Å². The summed E-state index contributed by atoms with van der Waals surface area (Å²) in [6.45, 7) is 9.17. The van der Waals surface area contributed by atoms with Gasteiger partial charge in [-0.2, -0.15) is 0 Å². The highest BCUT2D eigenvalue weighted by molar-refractivity contribution is 5.76. The van der Waals surface area contributed by atoms with Gasteiger partial charge in [0, 0.05) is 19.5 Å². The molecule has 3 nitrogen and oxygen atoms in total. The van der Waals surface area contributed by atoms with Gasteiger partial charge in [0.25, 0.3) is 0 Å². The molecule has 0 saturated carbocycles. The number of nitrogens with two attached hydrogens (primary N) is 1. The lowest BCUT2D eigenvalue weighted by atomic mass is 9.93. The zero-order valence-electron chi connectivity index (χ0n) is 11.6. The van der Waals surface area contributed by atoms with Crippen molar-refractivity contribution < 1.29 is 4.79 Å². The summed E-state index contributed by atoms with van der Waals surface area (Å²) in [6, 6.07) is 0. The van der Waals surface area contributed by atoms with Crippen molar-refractivity contribution >= 4 is 5.91 Å². The van der Waals surface area contributed by atoms with Crippen LogP contribution in [-0.2, 0) is 4.79 Å². The van der Waals surface area contributed by atoms with Crippen LogP contribution >= 0.6 is 0 Å². The van der Waals surface area contributed by atoms with Crippen molar-refractivity contribution in [2.45, 2.75) is 46.5 Å². The maximum atomic E-state index is 12.1. The smallest absolute Gasteiger partial charge is 0.222 e. The third-order valence-corrected chi connectivity index (χ3v) is 3.74. The summed E-state index contributed by atoms with van der Waals surface area (Å²) >= 11 is 0. The van der Waals surface area contributed by atoms with Crippen LogP contribution in [0.4, 0.5) is 0 Å². The van der Waals surface area contributed by atoms with Crippen LogP contribution in [0.15, 0.2) is 0 Å². The van der Waals surface area contributed by atoms with Crippen LogP contribution in [0.5, 0.6) is 0 Å². The number of hydrogen-bond acceptors (Lipinski definition) is 2. The first-order valence-electron chi connectivity index (χ1n) is 7.00. The summed E-state index contributed by atoms with van der Waals surface area (Å²) in [4.78, 5) is 14.2. The van der Waals surface area contributed by atoms with Gasteiger partial charge < -0.3 is 10.6 Å². The molecule has 0 aromatic carbocycles. The van der Waals surface area contributed by atoms with E-state index in [-0.39, 0.29) is 0 Å². The molecule has 0 bridgehead atoms. The normalized spacial score (nSPS) is 19.7. The average molecular weight is 240 g/mol. The highest BCUT2D eigenvalue weighted by Crippen LogP contribution is 2.20. The van der Waals surface area contributed by atoms with E-state index in [1.807, 2.05) is 4.90 Å². The molecule has 1 rings (SSSR count). The summed E-state index contributed by atoms with van der Waals surface area (Å²) < 4.78 is 0. The second-order valence-corrected chi connectivity index (χ2v) is 6.00. The maximum Gasteiger partial charge on any atom is 0.222 e. The molecule has 1 aliphatic rings. The average Bonchev–Trinajstić information content (AvgIpc) is 2.28. The van der Waals surface area contributed by atoms with Crippen molar-refractivity contribution in [3.63, 3.8) is 0 Å². The van der Waals surface area contributed by atoms with E-state index >= 15 is 0 Å². The van der Waals surface area contributed by atoms with Crippen LogP contribution < -0.4 is 5.73 Å². The lowest BCUT2D eigenvalue weighted by Gasteiger charge is -2.31. The van der Waals surface area contributed by atoms with Crippen molar-refractivity contribution in [1.29, 1.82) is 0 Å². The van der Waals surface area contributed by atoms with Crippen molar-refractivity contribution in [3.05, 3.63) is 0 Å². The Morgan fingerprint density at radius 2 is 1.94 bits per heavy atom. The molecule has 100 valence electrons. The van der Waals surface area contributed by atoms with Crippen molar-refractivity contribution in [3.8, 4) is 0 Å². The minimum absolute atomic E-state index is 0.313. The molecule has 0 radical (unpaired) electrons. The topological polar surface area (TPSA) is 46.3 Å². The summed E-state index contributed by atoms with van der Waals surface area (Å²) in [5.41, 5.74) is 5.75. The fraction of sp³-hybridized carbons (Fsp3) is 0.929. The van der Waals surface area contributed by atoms with Crippen LogP contribution in [0.1, 0.15) is 46.5 Å². The van der Waals surface area contributed by atoms with Gasteiger partial charge in [-0.05, 0) is 43.6 Å². The van der Waals surface area contributed by atoms with E-state index < -0.39 is 0 Å². The van der Waals surface area contributed by atoms with E-state index in [1.54, 1.807) is 0 Å². The molecule has 1 heterocycles. The third kappa shape index (κ3) is 5.07. The van der Waals surface area contributed by atoms with E-state index in [9.17, 15) is 4.79 Å². The van der Waals surface area contributed by atoms with Gasteiger partial charge in [0.15, 0.2) is 0 Å². The lowest BCUT2D eigenvalue weighted by molar-refractivity contribution is -0.133. The van der Waals surface area contributed by atoms with Gasteiger partial charge in [-0.25, -0.2) is 0 Å². The lowest BCUT2D eigenvalue weighted by Crippen LogP contribution is -2.39. The Labute approximate surface area is 106 Å².